The lowest BCUT2D eigenvalue weighted by Gasteiger charge is -2.34. The van der Waals surface area contributed by atoms with E-state index in [-0.39, 0.29) is 0 Å². The molecule has 2 atom stereocenters. The first kappa shape index (κ1) is 13.7. The van der Waals surface area contributed by atoms with E-state index in [1.165, 1.54) is 10.5 Å². The van der Waals surface area contributed by atoms with Crippen molar-refractivity contribution in [1.29, 1.82) is 0 Å². The van der Waals surface area contributed by atoms with Crippen molar-refractivity contribution in [1.82, 2.24) is 0 Å². The Hall–Kier alpha value is -0.730. The minimum absolute atomic E-state index is 0.294. The summed E-state index contributed by atoms with van der Waals surface area (Å²) in [6.07, 6.45) is 7.04. The van der Waals surface area contributed by atoms with Crippen LogP contribution >= 0.6 is 11.8 Å². The van der Waals surface area contributed by atoms with Gasteiger partial charge in [-0.15, -0.1) is 11.8 Å². The quantitative estimate of drug-likeness (QED) is 0.585. The Balaban J connectivity index is 1.93. The molecule has 1 aromatic rings. The number of ether oxygens (including phenoxy) is 1. The summed E-state index contributed by atoms with van der Waals surface area (Å²) in [6, 6.07) is 8.80. The van der Waals surface area contributed by atoms with Gasteiger partial charge < -0.3 is 4.74 Å². The first-order valence-corrected chi connectivity index (χ1v) is 7.49. The number of aryl methyl sites for hydroxylation is 1. The van der Waals surface area contributed by atoms with Gasteiger partial charge in [0.2, 0.25) is 0 Å². The van der Waals surface area contributed by atoms with Crippen LogP contribution in [0.1, 0.15) is 25.3 Å². The zero-order valence-corrected chi connectivity index (χ0v) is 12.3. The molecule has 0 N–H and O–H groups in total. The van der Waals surface area contributed by atoms with Gasteiger partial charge >= 0.3 is 0 Å². The fourth-order valence-corrected chi connectivity index (χ4v) is 3.39. The fourth-order valence-electron chi connectivity index (χ4n) is 2.31. The minimum atomic E-state index is 0.294. The summed E-state index contributed by atoms with van der Waals surface area (Å²) in [7, 11) is 1.80. The molecule has 1 unspecified atom stereocenters. The van der Waals surface area contributed by atoms with Crippen LogP contribution in [0.15, 0.2) is 41.3 Å². The van der Waals surface area contributed by atoms with E-state index in [0.29, 0.717) is 11.5 Å². The average molecular weight is 262 g/mol. The number of allylic oxidation sites excluding steroid dienone is 1. The maximum absolute atomic E-state index is 5.46. The number of rotatable bonds is 4. The highest BCUT2D eigenvalue weighted by atomic mass is 32.2. The highest BCUT2D eigenvalue weighted by Gasteiger charge is 2.29. The molecule has 0 amide bonds. The third kappa shape index (κ3) is 3.63. The Morgan fingerprint density at radius 1 is 1.33 bits per heavy atom. The van der Waals surface area contributed by atoms with E-state index < -0.39 is 0 Å². The van der Waals surface area contributed by atoms with E-state index in [4.69, 9.17) is 4.74 Å². The Morgan fingerprint density at radius 3 is 2.72 bits per heavy atom. The van der Waals surface area contributed by atoms with Crippen LogP contribution in [0.25, 0.3) is 0 Å². The SMILES string of the molecule is CO[C@H]1C=CCC(C)(CSc2ccc(C)cc2)C1. The first-order valence-electron chi connectivity index (χ1n) is 6.50. The van der Waals surface area contributed by atoms with Crippen LogP contribution < -0.4 is 0 Å². The van der Waals surface area contributed by atoms with Gasteiger partial charge in [-0.05, 0) is 37.3 Å². The van der Waals surface area contributed by atoms with Gasteiger partial charge in [0.1, 0.15) is 0 Å². The second-order valence-corrected chi connectivity index (χ2v) is 6.57. The average Bonchev–Trinajstić information content (AvgIpc) is 2.38. The smallest absolute Gasteiger partial charge is 0.0757 e. The summed E-state index contributed by atoms with van der Waals surface area (Å²) in [5.41, 5.74) is 1.68. The van der Waals surface area contributed by atoms with Gasteiger partial charge in [0.05, 0.1) is 6.10 Å². The highest BCUT2D eigenvalue weighted by Crippen LogP contribution is 2.38. The molecular weight excluding hydrogens is 240 g/mol. The lowest BCUT2D eigenvalue weighted by molar-refractivity contribution is 0.0907. The summed E-state index contributed by atoms with van der Waals surface area (Å²) >= 11 is 1.96. The Kier molecular flexibility index (Phi) is 4.52. The molecule has 0 radical (unpaired) electrons. The van der Waals surface area contributed by atoms with Gasteiger partial charge in [0.25, 0.3) is 0 Å². The molecule has 2 heteroatoms. The van der Waals surface area contributed by atoms with Crippen LogP contribution in [0, 0.1) is 12.3 Å². The van der Waals surface area contributed by atoms with E-state index >= 15 is 0 Å². The summed E-state index contributed by atoms with van der Waals surface area (Å²) in [5, 5.41) is 0. The number of hydrogen-bond acceptors (Lipinski definition) is 2. The van der Waals surface area contributed by atoms with Gasteiger partial charge in [-0.25, -0.2) is 0 Å². The van der Waals surface area contributed by atoms with E-state index in [0.717, 1.165) is 18.6 Å². The number of benzene rings is 1. The third-order valence-electron chi connectivity index (χ3n) is 3.57. The molecule has 0 aromatic heterocycles. The van der Waals surface area contributed by atoms with Gasteiger partial charge in [0.15, 0.2) is 0 Å². The molecule has 0 bridgehead atoms. The normalized spacial score (nSPS) is 27.4. The molecule has 2 rings (SSSR count). The molecule has 0 heterocycles. The topological polar surface area (TPSA) is 9.23 Å². The molecule has 0 spiro atoms. The molecule has 18 heavy (non-hydrogen) atoms. The number of thioether (sulfide) groups is 1. The fraction of sp³-hybridized carbons (Fsp3) is 0.500. The third-order valence-corrected chi connectivity index (χ3v) is 5.01. The largest absolute Gasteiger partial charge is 0.377 e. The van der Waals surface area contributed by atoms with E-state index in [1.807, 2.05) is 11.8 Å². The van der Waals surface area contributed by atoms with Crippen LogP contribution in [0.3, 0.4) is 0 Å². The summed E-state index contributed by atoms with van der Waals surface area (Å²) in [5.74, 6) is 1.15. The summed E-state index contributed by atoms with van der Waals surface area (Å²) in [6.45, 7) is 4.49. The monoisotopic (exact) mass is 262 g/mol. The molecule has 0 saturated heterocycles. The highest BCUT2D eigenvalue weighted by molar-refractivity contribution is 7.99. The lowest BCUT2D eigenvalue weighted by Crippen LogP contribution is -2.28. The number of hydrogen-bond donors (Lipinski definition) is 0. The first-order chi connectivity index (χ1) is 8.61. The van der Waals surface area contributed by atoms with Crippen LogP contribution in [-0.2, 0) is 4.74 Å². The van der Waals surface area contributed by atoms with E-state index in [1.54, 1.807) is 7.11 Å². The van der Waals surface area contributed by atoms with Gasteiger partial charge in [-0.3, -0.25) is 0 Å². The van der Waals surface area contributed by atoms with Crippen molar-refractivity contribution in [2.24, 2.45) is 5.41 Å². The standard InChI is InChI=1S/C16H22OS/c1-13-6-8-15(9-7-13)18-12-16(2)10-4-5-14(11-16)17-3/h4-9,14H,10-12H2,1-3H3/t14-,16?/m0/s1. The lowest BCUT2D eigenvalue weighted by atomic mass is 9.79. The van der Waals surface area contributed by atoms with Crippen molar-refractivity contribution in [3.05, 3.63) is 42.0 Å². The van der Waals surface area contributed by atoms with Crippen LogP contribution in [0.2, 0.25) is 0 Å². The maximum Gasteiger partial charge on any atom is 0.0757 e. The van der Waals surface area contributed by atoms with Crippen molar-refractivity contribution < 1.29 is 4.74 Å². The van der Waals surface area contributed by atoms with E-state index in [2.05, 4.69) is 50.3 Å². The molecule has 1 aliphatic carbocycles. The second-order valence-electron chi connectivity index (χ2n) is 5.52. The molecule has 1 aromatic carbocycles. The summed E-state index contributed by atoms with van der Waals surface area (Å²) < 4.78 is 5.46. The Labute approximate surface area is 115 Å². The van der Waals surface area contributed by atoms with Gasteiger partial charge in [-0.1, -0.05) is 36.8 Å². The molecular formula is C16H22OS. The molecule has 0 aliphatic heterocycles. The Morgan fingerprint density at radius 2 is 2.06 bits per heavy atom. The molecule has 98 valence electrons. The molecule has 1 aliphatic rings. The molecule has 1 nitrogen and oxygen atoms in total. The zero-order valence-electron chi connectivity index (χ0n) is 11.5. The van der Waals surface area contributed by atoms with Crippen molar-refractivity contribution >= 4 is 11.8 Å². The molecule has 0 saturated carbocycles. The van der Waals surface area contributed by atoms with Crippen molar-refractivity contribution in [3.8, 4) is 0 Å². The minimum Gasteiger partial charge on any atom is -0.377 e. The van der Waals surface area contributed by atoms with Crippen LogP contribution in [-0.4, -0.2) is 19.0 Å². The van der Waals surface area contributed by atoms with E-state index in [9.17, 15) is 0 Å². The second kappa shape index (κ2) is 5.94. The summed E-state index contributed by atoms with van der Waals surface area (Å²) in [4.78, 5) is 1.37. The van der Waals surface area contributed by atoms with Crippen molar-refractivity contribution in [2.45, 2.75) is 37.7 Å². The molecule has 0 fully saturated rings. The predicted octanol–water partition coefficient (Wildman–Crippen LogP) is 4.46. The van der Waals surface area contributed by atoms with Crippen molar-refractivity contribution in [2.75, 3.05) is 12.9 Å². The van der Waals surface area contributed by atoms with Gasteiger partial charge in [0, 0.05) is 17.8 Å². The number of methoxy groups -OCH3 is 1. The maximum atomic E-state index is 5.46. The van der Waals surface area contributed by atoms with Crippen LogP contribution in [0.4, 0.5) is 0 Å². The Bertz CT molecular complexity index is 410. The van der Waals surface area contributed by atoms with Gasteiger partial charge in [-0.2, -0.15) is 0 Å². The van der Waals surface area contributed by atoms with Crippen LogP contribution in [0.5, 0.6) is 0 Å². The van der Waals surface area contributed by atoms with Crippen molar-refractivity contribution in [3.63, 3.8) is 0 Å². The predicted molar refractivity (Wildman–Crippen MR) is 79.2 cm³/mol. The zero-order chi connectivity index (χ0) is 13.0.